The number of carbonyl (C=O) groups is 1. The monoisotopic (exact) mass is 263 g/mol. The molecular weight excluding hydrogens is 242 g/mol. The molecule has 104 valence electrons. The molecule has 0 spiro atoms. The Morgan fingerprint density at radius 2 is 2.26 bits per heavy atom. The van der Waals surface area contributed by atoms with Crippen molar-refractivity contribution in [2.75, 3.05) is 13.7 Å². The zero-order valence-electron chi connectivity index (χ0n) is 11.7. The van der Waals surface area contributed by atoms with Gasteiger partial charge in [0, 0.05) is 6.04 Å². The van der Waals surface area contributed by atoms with Gasteiger partial charge in [0.05, 0.1) is 6.10 Å². The first-order chi connectivity index (χ1) is 9.11. The van der Waals surface area contributed by atoms with Crippen molar-refractivity contribution in [3.63, 3.8) is 0 Å². The fourth-order valence-electron chi connectivity index (χ4n) is 2.49. The summed E-state index contributed by atoms with van der Waals surface area (Å²) >= 11 is 0. The number of esters is 1. The van der Waals surface area contributed by atoms with Crippen molar-refractivity contribution in [1.82, 2.24) is 5.32 Å². The van der Waals surface area contributed by atoms with E-state index in [9.17, 15) is 4.79 Å². The van der Waals surface area contributed by atoms with Crippen LogP contribution in [0.3, 0.4) is 0 Å². The summed E-state index contributed by atoms with van der Waals surface area (Å²) in [4.78, 5) is 11.5. The van der Waals surface area contributed by atoms with E-state index in [0.717, 1.165) is 18.6 Å². The van der Waals surface area contributed by atoms with E-state index >= 15 is 0 Å². The second kappa shape index (κ2) is 6.06. The molecule has 0 bridgehead atoms. The molecule has 1 aliphatic rings. The Labute approximate surface area is 114 Å². The van der Waals surface area contributed by atoms with Crippen LogP contribution >= 0.6 is 0 Å². The molecule has 0 amide bonds. The largest absolute Gasteiger partial charge is 0.482 e. The number of hydrogen-bond donors (Lipinski definition) is 1. The Bertz CT molecular complexity index is 457. The molecule has 0 saturated carbocycles. The van der Waals surface area contributed by atoms with E-state index in [-0.39, 0.29) is 18.7 Å². The Hall–Kier alpha value is -1.55. The van der Waals surface area contributed by atoms with E-state index in [1.165, 1.54) is 11.1 Å². The summed E-state index contributed by atoms with van der Waals surface area (Å²) in [5, 5.41) is 3.29. The minimum atomic E-state index is -0.323. The van der Waals surface area contributed by atoms with Gasteiger partial charge >= 0.3 is 5.97 Å². The van der Waals surface area contributed by atoms with Crippen LogP contribution in [0.15, 0.2) is 18.2 Å². The smallest absolute Gasteiger partial charge is 0.344 e. The first-order valence-corrected chi connectivity index (χ1v) is 6.73. The molecule has 0 aliphatic heterocycles. The average molecular weight is 263 g/mol. The quantitative estimate of drug-likeness (QED) is 0.828. The Kier molecular flexibility index (Phi) is 4.43. The molecule has 1 N–H and O–H groups in total. The first-order valence-electron chi connectivity index (χ1n) is 6.73. The second-order valence-electron chi connectivity index (χ2n) is 5.03. The maximum Gasteiger partial charge on any atom is 0.344 e. The van der Waals surface area contributed by atoms with Crippen LogP contribution in [0.25, 0.3) is 0 Å². The SMILES string of the molecule is CNC1CCc2c(OCC(=O)OC(C)C)cccc21. The Morgan fingerprint density at radius 3 is 2.95 bits per heavy atom. The summed E-state index contributed by atoms with van der Waals surface area (Å²) in [7, 11) is 1.97. The summed E-state index contributed by atoms with van der Waals surface area (Å²) in [6.07, 6.45) is 1.95. The lowest BCUT2D eigenvalue weighted by Crippen LogP contribution is -2.19. The molecule has 1 atom stereocenters. The van der Waals surface area contributed by atoms with Gasteiger partial charge in [-0.1, -0.05) is 12.1 Å². The van der Waals surface area contributed by atoms with Crippen LogP contribution < -0.4 is 10.1 Å². The van der Waals surface area contributed by atoms with E-state index in [1.54, 1.807) is 0 Å². The highest BCUT2D eigenvalue weighted by molar-refractivity contribution is 5.71. The standard InChI is InChI=1S/C15H21NO3/c1-10(2)19-15(17)9-18-14-6-4-5-11-12(14)7-8-13(11)16-3/h4-6,10,13,16H,7-9H2,1-3H3. The van der Waals surface area contributed by atoms with Gasteiger partial charge < -0.3 is 14.8 Å². The van der Waals surface area contributed by atoms with E-state index in [4.69, 9.17) is 9.47 Å². The molecule has 0 heterocycles. The van der Waals surface area contributed by atoms with Crippen molar-refractivity contribution in [1.29, 1.82) is 0 Å². The summed E-state index contributed by atoms with van der Waals surface area (Å²) in [5.74, 6) is 0.478. The third kappa shape index (κ3) is 3.26. The van der Waals surface area contributed by atoms with E-state index in [2.05, 4.69) is 11.4 Å². The molecule has 4 heteroatoms. The highest BCUT2D eigenvalue weighted by Gasteiger charge is 2.24. The minimum Gasteiger partial charge on any atom is -0.482 e. The number of rotatable bonds is 5. The molecule has 0 aromatic heterocycles. The average Bonchev–Trinajstić information content (AvgIpc) is 2.79. The highest BCUT2D eigenvalue weighted by atomic mass is 16.6. The third-order valence-electron chi connectivity index (χ3n) is 3.29. The van der Waals surface area contributed by atoms with Gasteiger partial charge in [0.25, 0.3) is 0 Å². The van der Waals surface area contributed by atoms with Gasteiger partial charge in [-0.25, -0.2) is 4.79 Å². The maximum absolute atomic E-state index is 11.5. The lowest BCUT2D eigenvalue weighted by Gasteiger charge is -2.13. The Balaban J connectivity index is 2.02. The predicted molar refractivity (Wildman–Crippen MR) is 73.3 cm³/mol. The minimum absolute atomic E-state index is 0.0289. The molecule has 1 aromatic rings. The summed E-state index contributed by atoms with van der Waals surface area (Å²) in [6, 6.07) is 6.39. The molecular formula is C15H21NO3. The van der Waals surface area contributed by atoms with Crippen molar-refractivity contribution in [3.05, 3.63) is 29.3 Å². The molecule has 19 heavy (non-hydrogen) atoms. The summed E-state index contributed by atoms with van der Waals surface area (Å²) in [6.45, 7) is 3.63. The van der Waals surface area contributed by atoms with Gasteiger partial charge in [0.15, 0.2) is 6.61 Å². The van der Waals surface area contributed by atoms with Crippen LogP contribution in [0.1, 0.15) is 37.4 Å². The fourth-order valence-corrected chi connectivity index (χ4v) is 2.49. The topological polar surface area (TPSA) is 47.6 Å². The van der Waals surface area contributed by atoms with E-state index in [1.807, 2.05) is 33.0 Å². The van der Waals surface area contributed by atoms with E-state index in [0.29, 0.717) is 6.04 Å². The van der Waals surface area contributed by atoms with Gasteiger partial charge in [-0.15, -0.1) is 0 Å². The third-order valence-corrected chi connectivity index (χ3v) is 3.29. The lowest BCUT2D eigenvalue weighted by molar-refractivity contribution is -0.149. The predicted octanol–water partition coefficient (Wildman–Crippen LogP) is 2.22. The van der Waals surface area contributed by atoms with Gasteiger partial charge in [-0.3, -0.25) is 0 Å². The molecule has 0 saturated heterocycles. The lowest BCUT2D eigenvalue weighted by atomic mass is 10.1. The van der Waals surface area contributed by atoms with Crippen LogP contribution in [0.4, 0.5) is 0 Å². The van der Waals surface area contributed by atoms with Gasteiger partial charge in [-0.2, -0.15) is 0 Å². The molecule has 2 rings (SSSR count). The van der Waals surface area contributed by atoms with Crippen molar-refractivity contribution >= 4 is 5.97 Å². The zero-order valence-corrected chi connectivity index (χ0v) is 11.7. The summed E-state index contributed by atoms with van der Waals surface area (Å²) in [5.41, 5.74) is 2.48. The molecule has 0 radical (unpaired) electrons. The number of carbonyl (C=O) groups excluding carboxylic acids is 1. The van der Waals surface area contributed by atoms with Crippen molar-refractivity contribution in [2.24, 2.45) is 0 Å². The van der Waals surface area contributed by atoms with Crippen LogP contribution in [0.2, 0.25) is 0 Å². The fraction of sp³-hybridized carbons (Fsp3) is 0.533. The number of benzene rings is 1. The first kappa shape index (κ1) is 13.9. The van der Waals surface area contributed by atoms with Gasteiger partial charge in [0.1, 0.15) is 5.75 Å². The molecule has 4 nitrogen and oxygen atoms in total. The van der Waals surface area contributed by atoms with Crippen molar-refractivity contribution in [3.8, 4) is 5.75 Å². The van der Waals surface area contributed by atoms with E-state index < -0.39 is 0 Å². The Morgan fingerprint density at radius 1 is 1.47 bits per heavy atom. The molecule has 1 aliphatic carbocycles. The number of fused-ring (bicyclic) bond motifs is 1. The molecule has 1 aromatic carbocycles. The maximum atomic E-state index is 11.5. The number of nitrogens with one attached hydrogen (secondary N) is 1. The summed E-state index contributed by atoms with van der Waals surface area (Å²) < 4.78 is 10.7. The van der Waals surface area contributed by atoms with Crippen LogP contribution in [-0.2, 0) is 16.0 Å². The number of ether oxygens (including phenoxy) is 2. The zero-order chi connectivity index (χ0) is 13.8. The highest BCUT2D eigenvalue weighted by Crippen LogP contribution is 2.36. The van der Waals surface area contributed by atoms with Crippen molar-refractivity contribution < 1.29 is 14.3 Å². The van der Waals surface area contributed by atoms with Gasteiger partial charge in [0.2, 0.25) is 0 Å². The number of hydrogen-bond acceptors (Lipinski definition) is 4. The normalized spacial score (nSPS) is 17.4. The van der Waals surface area contributed by atoms with Crippen molar-refractivity contribution in [2.45, 2.75) is 38.8 Å². The van der Waals surface area contributed by atoms with Crippen LogP contribution in [-0.4, -0.2) is 25.7 Å². The van der Waals surface area contributed by atoms with Crippen LogP contribution in [0, 0.1) is 0 Å². The second-order valence-corrected chi connectivity index (χ2v) is 5.03. The molecule has 1 unspecified atom stereocenters. The molecule has 0 fully saturated rings. The van der Waals surface area contributed by atoms with Gasteiger partial charge in [-0.05, 0) is 50.9 Å². The van der Waals surface area contributed by atoms with Crippen LogP contribution in [0.5, 0.6) is 5.75 Å².